The molecular formula is C22H30N6O3S. The van der Waals surface area contributed by atoms with E-state index >= 15 is 0 Å². The van der Waals surface area contributed by atoms with Crippen LogP contribution in [0.5, 0.6) is 11.5 Å². The molecule has 0 spiro atoms. The molecule has 2 aromatic rings. The predicted octanol–water partition coefficient (Wildman–Crippen LogP) is 1.75. The molecule has 0 bridgehead atoms. The molecule has 0 saturated carbocycles. The molecule has 4 heterocycles. The van der Waals surface area contributed by atoms with Crippen molar-refractivity contribution < 1.29 is 14.3 Å². The summed E-state index contributed by atoms with van der Waals surface area (Å²) in [5.41, 5.74) is 1.21. The number of fused-ring (bicyclic) bond motifs is 1. The summed E-state index contributed by atoms with van der Waals surface area (Å²) in [6.45, 7) is 5.83. The molecule has 1 atom stereocenters. The minimum atomic E-state index is 0.171. The number of hydrogen-bond donors (Lipinski definition) is 0. The summed E-state index contributed by atoms with van der Waals surface area (Å²) in [6.07, 6.45) is 4.12. The van der Waals surface area contributed by atoms with E-state index in [-0.39, 0.29) is 11.9 Å². The number of likely N-dealkylation sites (tertiary alicyclic amines) is 1. The molecule has 0 N–H and O–H groups in total. The van der Waals surface area contributed by atoms with E-state index in [1.165, 1.54) is 5.56 Å². The second kappa shape index (κ2) is 9.29. The Balaban J connectivity index is 1.14. The van der Waals surface area contributed by atoms with Gasteiger partial charge in [0.05, 0.1) is 12.6 Å². The third-order valence-corrected chi connectivity index (χ3v) is 7.34. The molecule has 1 unspecified atom stereocenters. The first-order valence-electron chi connectivity index (χ1n) is 11.2. The monoisotopic (exact) mass is 458 g/mol. The third kappa shape index (κ3) is 4.31. The highest BCUT2D eigenvalue weighted by atomic mass is 32.2. The smallest absolute Gasteiger partial charge is 0.236 e. The van der Waals surface area contributed by atoms with Crippen LogP contribution in [0.2, 0.25) is 0 Å². The fourth-order valence-electron chi connectivity index (χ4n) is 4.83. The molecular weight excluding hydrogens is 428 g/mol. The summed E-state index contributed by atoms with van der Waals surface area (Å²) in [7, 11) is 2.01. The van der Waals surface area contributed by atoms with Crippen molar-refractivity contribution in [3.8, 4) is 11.5 Å². The van der Waals surface area contributed by atoms with Crippen molar-refractivity contribution in [2.24, 2.45) is 7.05 Å². The molecule has 5 rings (SSSR count). The van der Waals surface area contributed by atoms with Gasteiger partial charge in [0, 0.05) is 39.8 Å². The van der Waals surface area contributed by atoms with E-state index in [2.05, 4.69) is 36.7 Å². The molecule has 1 aromatic carbocycles. The van der Waals surface area contributed by atoms with Crippen LogP contribution in [0.3, 0.4) is 0 Å². The first kappa shape index (κ1) is 21.5. The lowest BCUT2D eigenvalue weighted by molar-refractivity contribution is -0.134. The SMILES string of the molecule is CSc1nnc(C2CCCN2CC(=O)N2CCN(Cc3ccc4c(c3)OCO4)CC2)n1C. The summed E-state index contributed by atoms with van der Waals surface area (Å²) >= 11 is 1.60. The number of carbonyl (C=O) groups is 1. The Bertz CT molecular complexity index is 975. The van der Waals surface area contributed by atoms with Gasteiger partial charge in [0.2, 0.25) is 12.7 Å². The average molecular weight is 459 g/mol. The Kier molecular flexibility index (Phi) is 6.25. The van der Waals surface area contributed by atoms with E-state index in [1.807, 2.05) is 24.3 Å². The summed E-state index contributed by atoms with van der Waals surface area (Å²) in [6, 6.07) is 6.29. The lowest BCUT2D eigenvalue weighted by Gasteiger charge is -2.36. The number of aromatic nitrogens is 3. The fraction of sp³-hybridized carbons (Fsp3) is 0.591. The summed E-state index contributed by atoms with van der Waals surface area (Å²) < 4.78 is 12.9. The minimum Gasteiger partial charge on any atom is -0.454 e. The van der Waals surface area contributed by atoms with Gasteiger partial charge in [-0.3, -0.25) is 14.6 Å². The summed E-state index contributed by atoms with van der Waals surface area (Å²) in [5.74, 6) is 2.82. The van der Waals surface area contributed by atoms with Crippen LogP contribution >= 0.6 is 11.8 Å². The largest absolute Gasteiger partial charge is 0.454 e. The fourth-order valence-corrected chi connectivity index (χ4v) is 5.32. The number of thioether (sulfide) groups is 1. The van der Waals surface area contributed by atoms with Crippen LogP contribution in [0, 0.1) is 0 Å². The standard InChI is InChI=1S/C22H30N6O3S/c1-25-21(23-24-22(25)32-2)17-4-3-7-28(17)14-20(29)27-10-8-26(9-11-27)13-16-5-6-18-19(12-16)31-15-30-18/h5-6,12,17H,3-4,7-11,13-15H2,1-2H3. The van der Waals surface area contributed by atoms with E-state index in [0.717, 1.165) is 74.6 Å². The Morgan fingerprint density at radius 3 is 2.72 bits per heavy atom. The Morgan fingerprint density at radius 2 is 1.94 bits per heavy atom. The number of hydrogen-bond acceptors (Lipinski definition) is 8. The molecule has 1 aromatic heterocycles. The van der Waals surface area contributed by atoms with Crippen LogP contribution in [0.1, 0.15) is 30.3 Å². The van der Waals surface area contributed by atoms with E-state index in [4.69, 9.17) is 9.47 Å². The number of carbonyl (C=O) groups excluding carboxylic acids is 1. The first-order valence-corrected chi connectivity index (χ1v) is 12.4. The number of benzene rings is 1. The van der Waals surface area contributed by atoms with Gasteiger partial charge in [0.15, 0.2) is 22.5 Å². The number of piperazine rings is 1. The van der Waals surface area contributed by atoms with Crippen LogP contribution in [0.15, 0.2) is 23.4 Å². The van der Waals surface area contributed by atoms with Gasteiger partial charge in [-0.2, -0.15) is 0 Å². The van der Waals surface area contributed by atoms with Crippen molar-refractivity contribution >= 4 is 17.7 Å². The van der Waals surface area contributed by atoms with Crippen molar-refractivity contribution in [1.29, 1.82) is 0 Å². The predicted molar refractivity (Wildman–Crippen MR) is 121 cm³/mol. The van der Waals surface area contributed by atoms with Crippen molar-refractivity contribution in [1.82, 2.24) is 29.5 Å². The zero-order valence-electron chi connectivity index (χ0n) is 18.7. The molecule has 3 aliphatic heterocycles. The van der Waals surface area contributed by atoms with Gasteiger partial charge in [-0.25, -0.2) is 0 Å². The maximum absolute atomic E-state index is 13.1. The van der Waals surface area contributed by atoms with Crippen molar-refractivity contribution in [3.05, 3.63) is 29.6 Å². The van der Waals surface area contributed by atoms with Crippen molar-refractivity contribution in [3.63, 3.8) is 0 Å². The highest BCUT2D eigenvalue weighted by Crippen LogP contribution is 2.33. The molecule has 0 radical (unpaired) electrons. The van der Waals surface area contributed by atoms with Crippen molar-refractivity contribution in [2.45, 2.75) is 30.6 Å². The summed E-state index contributed by atoms with van der Waals surface area (Å²) in [5, 5.41) is 9.60. The van der Waals surface area contributed by atoms with E-state index < -0.39 is 0 Å². The second-order valence-electron chi connectivity index (χ2n) is 8.58. The normalized spacial score (nSPS) is 21.4. The van der Waals surface area contributed by atoms with Crippen LogP contribution in [0.4, 0.5) is 0 Å². The van der Waals surface area contributed by atoms with E-state index in [9.17, 15) is 4.79 Å². The van der Waals surface area contributed by atoms with Crippen molar-refractivity contribution in [2.75, 3.05) is 52.3 Å². The molecule has 172 valence electrons. The maximum atomic E-state index is 13.1. The minimum absolute atomic E-state index is 0.171. The van der Waals surface area contributed by atoms with Gasteiger partial charge in [0.25, 0.3) is 0 Å². The molecule has 1 amide bonds. The Hall–Kier alpha value is -2.30. The zero-order chi connectivity index (χ0) is 22.1. The number of rotatable bonds is 6. The van der Waals surface area contributed by atoms with Crippen LogP contribution in [-0.2, 0) is 18.4 Å². The Morgan fingerprint density at radius 1 is 1.12 bits per heavy atom. The van der Waals surface area contributed by atoms with Gasteiger partial charge >= 0.3 is 0 Å². The van der Waals surface area contributed by atoms with Crippen LogP contribution in [0.25, 0.3) is 0 Å². The molecule has 32 heavy (non-hydrogen) atoms. The molecule has 10 heteroatoms. The van der Waals surface area contributed by atoms with Gasteiger partial charge in [-0.15, -0.1) is 10.2 Å². The first-order chi connectivity index (χ1) is 15.6. The average Bonchev–Trinajstić information content (AvgIpc) is 3.53. The van der Waals surface area contributed by atoms with Crippen LogP contribution < -0.4 is 9.47 Å². The lowest BCUT2D eigenvalue weighted by Crippen LogP contribution is -2.50. The van der Waals surface area contributed by atoms with E-state index in [0.29, 0.717) is 13.3 Å². The van der Waals surface area contributed by atoms with Gasteiger partial charge < -0.3 is 18.9 Å². The molecule has 2 fully saturated rings. The second-order valence-corrected chi connectivity index (χ2v) is 9.35. The molecule has 3 aliphatic rings. The third-order valence-electron chi connectivity index (χ3n) is 6.62. The number of ether oxygens (including phenoxy) is 2. The Labute approximate surface area is 192 Å². The highest BCUT2D eigenvalue weighted by Gasteiger charge is 2.33. The summed E-state index contributed by atoms with van der Waals surface area (Å²) in [4.78, 5) is 19.7. The van der Waals surface area contributed by atoms with E-state index in [1.54, 1.807) is 11.8 Å². The van der Waals surface area contributed by atoms with Gasteiger partial charge in [0.1, 0.15) is 0 Å². The number of amides is 1. The number of nitrogens with zero attached hydrogens (tertiary/aromatic N) is 6. The quantitative estimate of drug-likeness (QED) is 0.606. The zero-order valence-corrected chi connectivity index (χ0v) is 19.5. The molecule has 0 aliphatic carbocycles. The lowest BCUT2D eigenvalue weighted by atomic mass is 10.1. The van der Waals surface area contributed by atoms with Gasteiger partial charge in [-0.05, 0) is 43.3 Å². The topological polar surface area (TPSA) is 76.0 Å². The highest BCUT2D eigenvalue weighted by molar-refractivity contribution is 7.98. The molecule has 9 nitrogen and oxygen atoms in total. The van der Waals surface area contributed by atoms with Crippen LogP contribution in [-0.4, -0.2) is 87.7 Å². The maximum Gasteiger partial charge on any atom is 0.236 e. The van der Waals surface area contributed by atoms with Gasteiger partial charge in [-0.1, -0.05) is 17.8 Å². The molecule has 2 saturated heterocycles.